The maximum absolute atomic E-state index is 11.7. The molecule has 5 heteroatoms. The van der Waals surface area contributed by atoms with Gasteiger partial charge < -0.3 is 15.3 Å². The molecule has 0 bridgehead atoms. The fourth-order valence-corrected chi connectivity index (χ4v) is 2.05. The van der Waals surface area contributed by atoms with Crippen LogP contribution in [0.3, 0.4) is 0 Å². The van der Waals surface area contributed by atoms with Crippen LogP contribution in [-0.2, 0) is 20.8 Å². The quantitative estimate of drug-likeness (QED) is 0.829. The number of carbonyl (C=O) groups is 1. The molecule has 5 nitrogen and oxygen atoms in total. The maximum Gasteiger partial charge on any atom is 0.354 e. The molecule has 0 saturated carbocycles. The molecule has 1 unspecified atom stereocenters. The molecule has 19 heavy (non-hydrogen) atoms. The second-order valence-corrected chi connectivity index (χ2v) is 4.55. The van der Waals surface area contributed by atoms with E-state index in [0.29, 0.717) is 6.42 Å². The lowest BCUT2D eigenvalue weighted by molar-refractivity contribution is -0.165. The molecule has 1 aromatic rings. The summed E-state index contributed by atoms with van der Waals surface area (Å²) in [5, 5.41) is 3.99. The van der Waals surface area contributed by atoms with Crippen molar-refractivity contribution >= 4 is 11.7 Å². The van der Waals surface area contributed by atoms with Gasteiger partial charge in [0.15, 0.2) is 0 Å². The van der Waals surface area contributed by atoms with Crippen LogP contribution in [0, 0.1) is 0 Å². The Morgan fingerprint density at radius 3 is 2.68 bits per heavy atom. The Labute approximate surface area is 112 Å². The fourth-order valence-electron chi connectivity index (χ4n) is 2.05. The highest BCUT2D eigenvalue weighted by Crippen LogP contribution is 2.27. The number of rotatable bonds is 4. The van der Waals surface area contributed by atoms with E-state index in [1.54, 1.807) is 0 Å². The molecule has 0 aromatic heterocycles. The van der Waals surface area contributed by atoms with E-state index >= 15 is 0 Å². The zero-order chi connectivity index (χ0) is 13.9. The predicted octanol–water partition coefficient (Wildman–Crippen LogP) is 1.24. The number of nitrogens with zero attached hydrogens (tertiary/aromatic N) is 1. The summed E-state index contributed by atoms with van der Waals surface area (Å²) < 4.78 is 4.73. The van der Waals surface area contributed by atoms with Gasteiger partial charge in [-0.2, -0.15) is 0 Å². The van der Waals surface area contributed by atoms with Crippen LogP contribution in [0.2, 0.25) is 0 Å². The highest BCUT2D eigenvalue weighted by molar-refractivity contribution is 6.04. The molecule has 102 valence electrons. The number of ether oxygens (including phenoxy) is 1. The van der Waals surface area contributed by atoms with E-state index in [9.17, 15) is 4.79 Å². The molecule has 1 heterocycles. The minimum Gasteiger partial charge on any atom is -0.466 e. The first-order valence-electron chi connectivity index (χ1n) is 6.28. The number of nitrogens with two attached hydrogens (primary N) is 1. The van der Waals surface area contributed by atoms with Crippen LogP contribution in [0.1, 0.15) is 24.5 Å². The summed E-state index contributed by atoms with van der Waals surface area (Å²) in [5.74, 6) is -0.487. The number of aryl methyl sites for hydroxylation is 1. The maximum atomic E-state index is 11.7. The first-order valence-corrected chi connectivity index (χ1v) is 6.28. The van der Waals surface area contributed by atoms with Gasteiger partial charge in [0.2, 0.25) is 0 Å². The zero-order valence-electron chi connectivity index (χ0n) is 11.2. The summed E-state index contributed by atoms with van der Waals surface area (Å²) in [5.41, 5.74) is 7.37. The Hall–Kier alpha value is -1.88. The highest BCUT2D eigenvalue weighted by Gasteiger charge is 2.46. The summed E-state index contributed by atoms with van der Waals surface area (Å²) in [6.45, 7) is 2.14. The standard InChI is InChI=1S/C14H18N2O3/c1-3-10-4-6-11(7-5-10)12-8-14(9-15,19-16-12)13(17)18-2/h4-7H,3,8-9,15H2,1-2H3. The Balaban J connectivity index is 2.18. The third-order valence-corrected chi connectivity index (χ3v) is 3.37. The average molecular weight is 262 g/mol. The summed E-state index contributed by atoms with van der Waals surface area (Å²) in [7, 11) is 1.32. The van der Waals surface area contributed by atoms with Gasteiger partial charge in [0, 0.05) is 13.0 Å². The minimum atomic E-state index is -1.17. The smallest absolute Gasteiger partial charge is 0.354 e. The van der Waals surface area contributed by atoms with Crippen molar-refractivity contribution in [2.45, 2.75) is 25.4 Å². The second kappa shape index (κ2) is 5.40. The van der Waals surface area contributed by atoms with Crippen molar-refractivity contribution in [1.82, 2.24) is 0 Å². The van der Waals surface area contributed by atoms with Gasteiger partial charge in [0.1, 0.15) is 0 Å². The molecule has 2 N–H and O–H groups in total. The van der Waals surface area contributed by atoms with Crippen LogP contribution in [0.4, 0.5) is 0 Å². The molecule has 0 amide bonds. The lowest BCUT2D eigenvalue weighted by Gasteiger charge is -2.21. The summed E-state index contributed by atoms with van der Waals surface area (Å²) in [4.78, 5) is 17.0. The summed E-state index contributed by atoms with van der Waals surface area (Å²) >= 11 is 0. The van der Waals surface area contributed by atoms with E-state index in [4.69, 9.17) is 15.3 Å². The van der Waals surface area contributed by atoms with Crippen molar-refractivity contribution in [1.29, 1.82) is 0 Å². The van der Waals surface area contributed by atoms with Crippen LogP contribution >= 0.6 is 0 Å². The number of benzene rings is 1. The Morgan fingerprint density at radius 2 is 2.16 bits per heavy atom. The number of oxime groups is 1. The van der Waals surface area contributed by atoms with Crippen LogP contribution in [0.25, 0.3) is 0 Å². The number of hydrogen-bond acceptors (Lipinski definition) is 5. The Kier molecular flexibility index (Phi) is 3.85. The molecule has 1 aromatic carbocycles. The van der Waals surface area contributed by atoms with E-state index < -0.39 is 11.6 Å². The van der Waals surface area contributed by atoms with Gasteiger partial charge in [0.05, 0.1) is 12.8 Å². The highest BCUT2D eigenvalue weighted by atomic mass is 16.7. The molecule has 2 rings (SSSR count). The van der Waals surface area contributed by atoms with Gasteiger partial charge in [-0.25, -0.2) is 4.79 Å². The van der Waals surface area contributed by atoms with Gasteiger partial charge in [-0.05, 0) is 17.5 Å². The minimum absolute atomic E-state index is 0.0414. The van der Waals surface area contributed by atoms with Crippen molar-refractivity contribution in [2.24, 2.45) is 10.9 Å². The predicted molar refractivity (Wildman–Crippen MR) is 71.9 cm³/mol. The van der Waals surface area contributed by atoms with Crippen molar-refractivity contribution in [3.63, 3.8) is 0 Å². The average Bonchev–Trinajstić information content (AvgIpc) is 2.92. The van der Waals surface area contributed by atoms with Crippen molar-refractivity contribution in [3.05, 3.63) is 35.4 Å². The number of carbonyl (C=O) groups excluding carboxylic acids is 1. The van der Waals surface area contributed by atoms with Crippen LogP contribution in [-0.4, -0.2) is 30.9 Å². The number of hydrogen-bond donors (Lipinski definition) is 1. The second-order valence-electron chi connectivity index (χ2n) is 4.55. The van der Waals surface area contributed by atoms with Crippen molar-refractivity contribution in [3.8, 4) is 0 Å². The SMILES string of the molecule is CCc1ccc(C2=NOC(CN)(C(=O)OC)C2)cc1. The lowest BCUT2D eigenvalue weighted by Crippen LogP contribution is -2.46. The van der Waals surface area contributed by atoms with E-state index in [-0.39, 0.29) is 6.54 Å². The monoisotopic (exact) mass is 262 g/mol. The van der Waals surface area contributed by atoms with Crippen molar-refractivity contribution < 1.29 is 14.4 Å². The van der Waals surface area contributed by atoms with Crippen LogP contribution in [0.15, 0.2) is 29.4 Å². The molecular weight excluding hydrogens is 244 g/mol. The van der Waals surface area contributed by atoms with Gasteiger partial charge in [0.25, 0.3) is 5.60 Å². The third kappa shape index (κ3) is 2.46. The zero-order valence-corrected chi connectivity index (χ0v) is 11.2. The van der Waals surface area contributed by atoms with Gasteiger partial charge in [-0.15, -0.1) is 0 Å². The van der Waals surface area contributed by atoms with Crippen molar-refractivity contribution in [2.75, 3.05) is 13.7 Å². The first-order chi connectivity index (χ1) is 9.15. The third-order valence-electron chi connectivity index (χ3n) is 3.37. The molecule has 0 radical (unpaired) electrons. The van der Waals surface area contributed by atoms with Crippen LogP contribution in [0.5, 0.6) is 0 Å². The Bertz CT molecular complexity index is 496. The molecule has 1 aliphatic heterocycles. The van der Waals surface area contributed by atoms with Gasteiger partial charge >= 0.3 is 5.97 Å². The molecule has 0 saturated heterocycles. The largest absolute Gasteiger partial charge is 0.466 e. The van der Waals surface area contributed by atoms with E-state index in [2.05, 4.69) is 12.1 Å². The molecule has 0 aliphatic carbocycles. The molecular formula is C14H18N2O3. The molecule has 0 spiro atoms. The summed E-state index contributed by atoms with van der Waals surface area (Å²) in [6, 6.07) is 8.03. The lowest BCUT2D eigenvalue weighted by atomic mass is 9.94. The topological polar surface area (TPSA) is 73.9 Å². The number of esters is 1. The van der Waals surface area contributed by atoms with Gasteiger partial charge in [-0.3, -0.25) is 0 Å². The summed E-state index contributed by atoms with van der Waals surface area (Å²) in [6.07, 6.45) is 1.32. The molecule has 0 fully saturated rings. The number of methoxy groups -OCH3 is 1. The first kappa shape index (κ1) is 13.5. The Morgan fingerprint density at radius 1 is 1.47 bits per heavy atom. The van der Waals surface area contributed by atoms with E-state index in [1.165, 1.54) is 12.7 Å². The molecule has 1 aliphatic rings. The van der Waals surface area contributed by atoms with Crippen LogP contribution < -0.4 is 5.73 Å². The fraction of sp³-hybridized carbons (Fsp3) is 0.429. The normalized spacial score (nSPS) is 21.7. The van der Waals surface area contributed by atoms with E-state index in [1.807, 2.05) is 24.3 Å². The molecule has 1 atom stereocenters. The van der Waals surface area contributed by atoms with E-state index in [0.717, 1.165) is 17.7 Å². The van der Waals surface area contributed by atoms with Gasteiger partial charge in [-0.1, -0.05) is 36.3 Å².